The van der Waals surface area contributed by atoms with E-state index in [-0.39, 0.29) is 40.4 Å². The fourth-order valence-electron chi connectivity index (χ4n) is 3.28. The molecule has 3 rings (SSSR count). The van der Waals surface area contributed by atoms with Gasteiger partial charge in [-0.3, -0.25) is 15.0 Å². The van der Waals surface area contributed by atoms with Crippen molar-refractivity contribution in [1.82, 2.24) is 20.2 Å². The van der Waals surface area contributed by atoms with Gasteiger partial charge >= 0.3 is 5.97 Å². The number of methoxy groups -OCH3 is 1. The van der Waals surface area contributed by atoms with Gasteiger partial charge in [0.2, 0.25) is 5.91 Å². The maximum Gasteiger partial charge on any atom is 0.330 e. The Hall–Kier alpha value is -3.83. The van der Waals surface area contributed by atoms with E-state index in [0.717, 1.165) is 5.52 Å². The first-order chi connectivity index (χ1) is 16.7. The van der Waals surface area contributed by atoms with E-state index in [0.29, 0.717) is 17.7 Å². The van der Waals surface area contributed by atoms with E-state index in [2.05, 4.69) is 20.9 Å². The summed E-state index contributed by atoms with van der Waals surface area (Å²) in [5.41, 5.74) is 7.47. The van der Waals surface area contributed by atoms with Crippen molar-refractivity contribution >= 4 is 63.7 Å². The van der Waals surface area contributed by atoms with E-state index < -0.39 is 17.9 Å². The van der Waals surface area contributed by atoms with Crippen molar-refractivity contribution in [3.8, 4) is 0 Å². The minimum Gasteiger partial charge on any atom is -0.467 e. The van der Waals surface area contributed by atoms with Gasteiger partial charge < -0.3 is 31.0 Å². The Kier molecular flexibility index (Phi) is 8.50. The molecule has 3 aromatic rings. The largest absolute Gasteiger partial charge is 0.467 e. The second-order valence-electron chi connectivity index (χ2n) is 7.38. The first kappa shape index (κ1) is 25.8. The molecule has 13 heteroatoms. The normalized spacial score (nSPS) is 11.5. The lowest BCUT2D eigenvalue weighted by Crippen LogP contribution is -2.49. The van der Waals surface area contributed by atoms with Gasteiger partial charge in [-0.25, -0.2) is 9.78 Å². The third-order valence-electron chi connectivity index (χ3n) is 4.96. The van der Waals surface area contributed by atoms with E-state index in [1.165, 1.54) is 19.2 Å². The summed E-state index contributed by atoms with van der Waals surface area (Å²) in [6.45, 7) is 0.104. The quantitative estimate of drug-likeness (QED) is 0.164. The number of esters is 1. The van der Waals surface area contributed by atoms with Gasteiger partial charge in [0.1, 0.15) is 6.04 Å². The predicted octanol–water partition coefficient (Wildman–Crippen LogP) is 2.13. The molecule has 0 saturated carbocycles. The molecule has 1 unspecified atom stereocenters. The van der Waals surface area contributed by atoms with Gasteiger partial charge in [0.05, 0.1) is 40.1 Å². The fraction of sp³-hybridized carbons (Fsp3) is 0.227. The number of hydrogen-bond acceptors (Lipinski definition) is 6. The second-order valence-corrected chi connectivity index (χ2v) is 8.19. The fourth-order valence-corrected chi connectivity index (χ4v) is 3.84. The summed E-state index contributed by atoms with van der Waals surface area (Å²) in [6, 6.07) is 8.70. The molecule has 0 bridgehead atoms. The van der Waals surface area contributed by atoms with Crippen LogP contribution in [-0.4, -0.2) is 53.0 Å². The molecule has 0 spiro atoms. The zero-order valence-corrected chi connectivity index (χ0v) is 20.1. The molecule has 2 amide bonds. The van der Waals surface area contributed by atoms with Gasteiger partial charge in [0.25, 0.3) is 5.91 Å². The Morgan fingerprint density at radius 1 is 1.20 bits per heavy atom. The van der Waals surface area contributed by atoms with Crippen molar-refractivity contribution in [2.45, 2.75) is 19.0 Å². The first-order valence-electron chi connectivity index (χ1n) is 10.3. The van der Waals surface area contributed by atoms with Crippen LogP contribution in [0.4, 0.5) is 5.69 Å². The lowest BCUT2D eigenvalue weighted by atomic mass is 10.2. The zero-order valence-electron chi connectivity index (χ0n) is 18.6. The van der Waals surface area contributed by atoms with E-state index in [1.807, 2.05) is 0 Å². The summed E-state index contributed by atoms with van der Waals surface area (Å²) >= 11 is 12.1. The van der Waals surface area contributed by atoms with Crippen molar-refractivity contribution in [2.24, 2.45) is 5.73 Å². The van der Waals surface area contributed by atoms with Crippen LogP contribution < -0.4 is 21.7 Å². The van der Waals surface area contributed by atoms with Crippen LogP contribution in [0.1, 0.15) is 16.8 Å². The molecule has 1 atom stereocenters. The number of anilines is 1. The standard InChI is InChI=1S/C22H23Cl2N7O4/c1-35-21(34)16(30-20(33)19-13(23)3-2-4-14(19)24)10-27-18(32)7-8-31-11-28-15-6-5-12(9-17(15)31)29-22(25)26/h2-6,9,11,16H,7-8,10H2,1H3,(H,27,32)(H,30,33)(H4,25,26,29). The monoisotopic (exact) mass is 519 g/mol. The van der Waals surface area contributed by atoms with Crippen LogP contribution in [0.2, 0.25) is 10.0 Å². The highest BCUT2D eigenvalue weighted by atomic mass is 35.5. The van der Waals surface area contributed by atoms with Gasteiger partial charge in [-0.05, 0) is 30.3 Å². The van der Waals surface area contributed by atoms with Gasteiger partial charge in [0, 0.05) is 25.2 Å². The van der Waals surface area contributed by atoms with Gasteiger partial charge in [-0.2, -0.15) is 0 Å². The second kappa shape index (κ2) is 11.5. The number of guanidine groups is 1. The molecule has 1 heterocycles. The van der Waals surface area contributed by atoms with Crippen LogP contribution in [0, 0.1) is 5.41 Å². The summed E-state index contributed by atoms with van der Waals surface area (Å²) in [5, 5.41) is 15.4. The number of carbonyl (C=O) groups is 3. The molecular weight excluding hydrogens is 497 g/mol. The maximum absolute atomic E-state index is 12.6. The Morgan fingerprint density at radius 3 is 2.57 bits per heavy atom. The molecule has 35 heavy (non-hydrogen) atoms. The van der Waals surface area contributed by atoms with Gasteiger partial charge in [0.15, 0.2) is 5.96 Å². The number of rotatable bonds is 9. The highest BCUT2D eigenvalue weighted by Gasteiger charge is 2.25. The summed E-state index contributed by atoms with van der Waals surface area (Å²) in [4.78, 5) is 41.5. The van der Waals surface area contributed by atoms with E-state index in [4.69, 9.17) is 39.1 Å². The van der Waals surface area contributed by atoms with Crippen molar-refractivity contribution in [1.29, 1.82) is 5.41 Å². The van der Waals surface area contributed by atoms with E-state index >= 15 is 0 Å². The van der Waals surface area contributed by atoms with Crippen molar-refractivity contribution in [3.63, 3.8) is 0 Å². The Labute approximate surface area is 210 Å². The molecule has 0 aliphatic carbocycles. The number of halogens is 2. The molecule has 2 aromatic carbocycles. The highest BCUT2D eigenvalue weighted by Crippen LogP contribution is 2.24. The van der Waals surface area contributed by atoms with Gasteiger partial charge in [-0.1, -0.05) is 29.3 Å². The van der Waals surface area contributed by atoms with Crippen LogP contribution in [0.15, 0.2) is 42.7 Å². The Morgan fingerprint density at radius 2 is 1.91 bits per heavy atom. The van der Waals surface area contributed by atoms with Crippen molar-refractivity contribution in [2.75, 3.05) is 19.0 Å². The van der Waals surface area contributed by atoms with Crippen LogP contribution in [0.5, 0.6) is 0 Å². The van der Waals surface area contributed by atoms with E-state index in [9.17, 15) is 14.4 Å². The number of hydrogen-bond donors (Lipinski definition) is 5. The van der Waals surface area contributed by atoms with Crippen LogP contribution in [-0.2, 0) is 20.9 Å². The molecule has 6 N–H and O–H groups in total. The van der Waals surface area contributed by atoms with Crippen LogP contribution >= 0.6 is 23.2 Å². The summed E-state index contributed by atoms with van der Waals surface area (Å²) < 4.78 is 6.51. The molecule has 0 aliphatic heterocycles. The van der Waals surface area contributed by atoms with Crippen LogP contribution in [0.25, 0.3) is 11.0 Å². The smallest absolute Gasteiger partial charge is 0.330 e. The number of aryl methyl sites for hydroxylation is 1. The molecule has 184 valence electrons. The van der Waals surface area contributed by atoms with Gasteiger partial charge in [-0.15, -0.1) is 0 Å². The molecular formula is C22H23Cl2N7O4. The third kappa shape index (κ3) is 6.61. The number of nitrogens with zero attached hydrogens (tertiary/aromatic N) is 2. The molecule has 1 aromatic heterocycles. The first-order valence-corrected chi connectivity index (χ1v) is 11.1. The molecule has 0 saturated heterocycles. The summed E-state index contributed by atoms with van der Waals surface area (Å²) in [5.74, 6) is -1.97. The molecule has 0 radical (unpaired) electrons. The summed E-state index contributed by atoms with van der Waals surface area (Å²) in [6.07, 6.45) is 1.67. The number of ether oxygens (including phenoxy) is 1. The maximum atomic E-state index is 12.6. The zero-order chi connectivity index (χ0) is 25.5. The van der Waals surface area contributed by atoms with Crippen molar-refractivity contribution in [3.05, 3.63) is 58.3 Å². The lowest BCUT2D eigenvalue weighted by molar-refractivity contribution is -0.142. The number of imidazole rings is 1. The SMILES string of the molecule is COC(=O)C(CNC(=O)CCn1cnc2ccc(NC(=N)N)cc21)NC(=O)c1c(Cl)cccc1Cl. The summed E-state index contributed by atoms with van der Waals surface area (Å²) in [7, 11) is 1.17. The van der Waals surface area contributed by atoms with E-state index in [1.54, 1.807) is 35.2 Å². The molecule has 0 fully saturated rings. The lowest BCUT2D eigenvalue weighted by Gasteiger charge is -2.18. The highest BCUT2D eigenvalue weighted by molar-refractivity contribution is 6.39. The number of benzene rings is 2. The number of carbonyl (C=O) groups excluding carboxylic acids is 3. The number of aromatic nitrogens is 2. The minimum absolute atomic E-state index is 0.0154. The Bertz CT molecular complexity index is 1260. The van der Waals surface area contributed by atoms with Crippen LogP contribution in [0.3, 0.4) is 0 Å². The number of amides is 2. The number of fused-ring (bicyclic) bond motifs is 1. The number of nitrogens with one attached hydrogen (secondary N) is 4. The third-order valence-corrected chi connectivity index (χ3v) is 5.59. The topological polar surface area (TPSA) is 164 Å². The molecule has 11 nitrogen and oxygen atoms in total. The predicted molar refractivity (Wildman–Crippen MR) is 133 cm³/mol. The average Bonchev–Trinajstić information content (AvgIpc) is 3.21. The van der Waals surface area contributed by atoms with Crippen molar-refractivity contribution < 1.29 is 19.1 Å². The number of nitrogens with two attached hydrogens (primary N) is 1. The molecule has 0 aliphatic rings. The average molecular weight is 520 g/mol. The Balaban J connectivity index is 1.61. The minimum atomic E-state index is -1.15.